The van der Waals surface area contributed by atoms with Crippen LogP contribution in [0.4, 0.5) is 0 Å². The maximum atomic E-state index is 4.27. The molecule has 1 aliphatic rings. The first-order valence-corrected chi connectivity index (χ1v) is 5.07. The lowest BCUT2D eigenvalue weighted by Gasteiger charge is -2.14. The number of likely N-dealkylation sites (tertiary alicyclic amines) is 1. The van der Waals surface area contributed by atoms with Crippen molar-refractivity contribution in [2.24, 2.45) is 0 Å². The Kier molecular flexibility index (Phi) is 2.64. The summed E-state index contributed by atoms with van der Waals surface area (Å²) in [6, 6.07) is 2.06. The molecule has 0 unspecified atom stereocenters. The Labute approximate surface area is 79.3 Å². The molecule has 2 rings (SSSR count). The summed E-state index contributed by atoms with van der Waals surface area (Å²) in [7, 11) is 0. The van der Waals surface area contributed by atoms with Crippen molar-refractivity contribution in [3.8, 4) is 0 Å². The van der Waals surface area contributed by atoms with E-state index in [1.54, 1.807) is 0 Å². The molecule has 13 heavy (non-hydrogen) atoms. The second-order valence-electron chi connectivity index (χ2n) is 3.74. The molecule has 0 N–H and O–H groups in total. The summed E-state index contributed by atoms with van der Waals surface area (Å²) in [6.45, 7) is 6.86. The Bertz CT molecular complexity index is 261. The van der Waals surface area contributed by atoms with Gasteiger partial charge in [0, 0.05) is 18.4 Å². The number of aryl methyl sites for hydroxylation is 1. The van der Waals surface area contributed by atoms with Gasteiger partial charge in [-0.05, 0) is 38.9 Å². The molecule has 0 aliphatic carbocycles. The molecule has 0 amide bonds. The van der Waals surface area contributed by atoms with Crippen molar-refractivity contribution in [1.29, 1.82) is 0 Å². The third kappa shape index (κ3) is 2.10. The summed E-state index contributed by atoms with van der Waals surface area (Å²) in [4.78, 5) is 2.52. The SMILES string of the molecule is Cc1ccnn1CCN1CCCC1. The monoisotopic (exact) mass is 179 g/mol. The van der Waals surface area contributed by atoms with Crippen LogP contribution in [0.5, 0.6) is 0 Å². The Balaban J connectivity index is 1.82. The van der Waals surface area contributed by atoms with Gasteiger partial charge in [-0.25, -0.2) is 0 Å². The quantitative estimate of drug-likeness (QED) is 0.697. The van der Waals surface area contributed by atoms with Crippen molar-refractivity contribution in [3.05, 3.63) is 18.0 Å². The van der Waals surface area contributed by atoms with E-state index in [1.165, 1.54) is 31.6 Å². The number of hydrogen-bond donors (Lipinski definition) is 0. The molecule has 3 nitrogen and oxygen atoms in total. The maximum absolute atomic E-state index is 4.27. The van der Waals surface area contributed by atoms with Crippen LogP contribution in [0, 0.1) is 6.92 Å². The zero-order valence-electron chi connectivity index (χ0n) is 8.24. The predicted molar refractivity (Wildman–Crippen MR) is 52.6 cm³/mol. The summed E-state index contributed by atoms with van der Waals surface area (Å²) in [6.07, 6.45) is 4.62. The second kappa shape index (κ2) is 3.92. The van der Waals surface area contributed by atoms with E-state index >= 15 is 0 Å². The van der Waals surface area contributed by atoms with E-state index in [0.717, 1.165) is 13.1 Å². The highest BCUT2D eigenvalue weighted by atomic mass is 15.3. The topological polar surface area (TPSA) is 21.1 Å². The molecular weight excluding hydrogens is 162 g/mol. The van der Waals surface area contributed by atoms with Crippen LogP contribution in [-0.4, -0.2) is 34.3 Å². The molecule has 3 heteroatoms. The highest BCUT2D eigenvalue weighted by Gasteiger charge is 2.10. The van der Waals surface area contributed by atoms with Crippen molar-refractivity contribution in [2.75, 3.05) is 19.6 Å². The molecular formula is C10H17N3. The van der Waals surface area contributed by atoms with E-state index in [9.17, 15) is 0 Å². The molecule has 0 saturated carbocycles. The van der Waals surface area contributed by atoms with Gasteiger partial charge in [0.25, 0.3) is 0 Å². The summed E-state index contributed by atoms with van der Waals surface area (Å²) in [5.74, 6) is 0. The zero-order valence-corrected chi connectivity index (χ0v) is 8.24. The van der Waals surface area contributed by atoms with Crippen LogP contribution in [-0.2, 0) is 6.54 Å². The van der Waals surface area contributed by atoms with Crippen LogP contribution in [0.25, 0.3) is 0 Å². The minimum Gasteiger partial charge on any atom is -0.301 e. The summed E-state index contributed by atoms with van der Waals surface area (Å²) >= 11 is 0. The summed E-state index contributed by atoms with van der Waals surface area (Å²) in [5, 5.41) is 4.27. The zero-order chi connectivity index (χ0) is 9.10. The lowest BCUT2D eigenvalue weighted by molar-refractivity contribution is 0.314. The predicted octanol–water partition coefficient (Wildman–Crippen LogP) is 1.29. The lowest BCUT2D eigenvalue weighted by atomic mass is 10.4. The maximum Gasteiger partial charge on any atom is 0.0539 e. The summed E-state index contributed by atoms with van der Waals surface area (Å²) < 4.78 is 2.08. The lowest BCUT2D eigenvalue weighted by Crippen LogP contribution is -2.24. The Hall–Kier alpha value is -0.830. The average molecular weight is 179 g/mol. The van der Waals surface area contributed by atoms with Gasteiger partial charge in [-0.2, -0.15) is 5.10 Å². The molecule has 0 spiro atoms. The third-order valence-corrected chi connectivity index (χ3v) is 2.76. The van der Waals surface area contributed by atoms with Gasteiger partial charge in [-0.3, -0.25) is 4.68 Å². The molecule has 2 heterocycles. The van der Waals surface area contributed by atoms with Gasteiger partial charge in [-0.1, -0.05) is 0 Å². The van der Waals surface area contributed by atoms with Crippen molar-refractivity contribution >= 4 is 0 Å². The van der Waals surface area contributed by atoms with E-state index in [1.807, 2.05) is 6.20 Å². The number of nitrogens with zero attached hydrogens (tertiary/aromatic N) is 3. The van der Waals surface area contributed by atoms with Gasteiger partial charge in [0.2, 0.25) is 0 Å². The molecule has 1 aromatic rings. The Morgan fingerprint density at radius 1 is 1.31 bits per heavy atom. The normalized spacial score (nSPS) is 18.2. The number of rotatable bonds is 3. The molecule has 1 fully saturated rings. The van der Waals surface area contributed by atoms with Gasteiger partial charge in [0.05, 0.1) is 6.54 Å². The molecule has 0 aromatic carbocycles. The highest BCUT2D eigenvalue weighted by Crippen LogP contribution is 2.07. The Morgan fingerprint density at radius 2 is 2.08 bits per heavy atom. The highest BCUT2D eigenvalue weighted by molar-refractivity contribution is 4.96. The van der Waals surface area contributed by atoms with Crippen LogP contribution in [0.15, 0.2) is 12.3 Å². The molecule has 1 saturated heterocycles. The summed E-state index contributed by atoms with van der Waals surface area (Å²) in [5.41, 5.74) is 1.26. The average Bonchev–Trinajstić information content (AvgIpc) is 2.72. The van der Waals surface area contributed by atoms with Crippen molar-refractivity contribution in [2.45, 2.75) is 26.3 Å². The van der Waals surface area contributed by atoms with Crippen LogP contribution in [0.3, 0.4) is 0 Å². The van der Waals surface area contributed by atoms with Gasteiger partial charge in [0.1, 0.15) is 0 Å². The van der Waals surface area contributed by atoms with Gasteiger partial charge in [-0.15, -0.1) is 0 Å². The standard InChI is InChI=1S/C10H17N3/c1-10-4-5-11-13(10)9-8-12-6-2-3-7-12/h4-5H,2-3,6-9H2,1H3. The second-order valence-corrected chi connectivity index (χ2v) is 3.74. The van der Waals surface area contributed by atoms with Crippen LogP contribution in [0.2, 0.25) is 0 Å². The molecule has 1 aliphatic heterocycles. The third-order valence-electron chi connectivity index (χ3n) is 2.76. The van der Waals surface area contributed by atoms with Gasteiger partial charge < -0.3 is 4.90 Å². The van der Waals surface area contributed by atoms with Crippen molar-refractivity contribution in [1.82, 2.24) is 14.7 Å². The van der Waals surface area contributed by atoms with E-state index in [-0.39, 0.29) is 0 Å². The Morgan fingerprint density at radius 3 is 2.69 bits per heavy atom. The minimum atomic E-state index is 1.04. The van der Waals surface area contributed by atoms with Crippen LogP contribution in [0.1, 0.15) is 18.5 Å². The largest absolute Gasteiger partial charge is 0.301 e. The molecule has 0 radical (unpaired) electrons. The molecule has 72 valence electrons. The van der Waals surface area contributed by atoms with E-state index < -0.39 is 0 Å². The minimum absolute atomic E-state index is 1.04. The van der Waals surface area contributed by atoms with Gasteiger partial charge >= 0.3 is 0 Å². The van der Waals surface area contributed by atoms with E-state index in [4.69, 9.17) is 0 Å². The fourth-order valence-corrected chi connectivity index (χ4v) is 1.88. The first kappa shape index (κ1) is 8.75. The molecule has 0 bridgehead atoms. The van der Waals surface area contributed by atoms with E-state index in [0.29, 0.717) is 0 Å². The van der Waals surface area contributed by atoms with E-state index in [2.05, 4.69) is 27.7 Å². The number of aromatic nitrogens is 2. The molecule has 0 atom stereocenters. The molecule has 1 aromatic heterocycles. The van der Waals surface area contributed by atoms with Gasteiger partial charge in [0.15, 0.2) is 0 Å². The van der Waals surface area contributed by atoms with Crippen LogP contribution >= 0.6 is 0 Å². The fraction of sp³-hybridized carbons (Fsp3) is 0.700. The van der Waals surface area contributed by atoms with Crippen LogP contribution < -0.4 is 0 Å². The number of hydrogen-bond acceptors (Lipinski definition) is 2. The van der Waals surface area contributed by atoms with Crippen molar-refractivity contribution < 1.29 is 0 Å². The first-order valence-electron chi connectivity index (χ1n) is 5.07. The first-order chi connectivity index (χ1) is 6.36. The smallest absolute Gasteiger partial charge is 0.0539 e. The van der Waals surface area contributed by atoms with Crippen molar-refractivity contribution in [3.63, 3.8) is 0 Å². The fourth-order valence-electron chi connectivity index (χ4n) is 1.88.